The second-order valence-electron chi connectivity index (χ2n) is 7.21. The molecule has 0 spiro atoms. The molecule has 2 amide bonds. The predicted molar refractivity (Wildman–Crippen MR) is 94.4 cm³/mol. The third kappa shape index (κ3) is 5.94. The van der Waals surface area contributed by atoms with Crippen molar-refractivity contribution < 1.29 is 19.4 Å². The summed E-state index contributed by atoms with van der Waals surface area (Å²) in [5, 5.41) is 15.7. The lowest BCUT2D eigenvalue weighted by molar-refractivity contribution is 0.0425. The van der Waals surface area contributed by atoms with Crippen LogP contribution < -0.4 is 10.6 Å². The monoisotopic (exact) mass is 349 g/mol. The van der Waals surface area contributed by atoms with E-state index in [2.05, 4.69) is 10.6 Å². The number of ether oxygens (including phenoxy) is 1. The van der Waals surface area contributed by atoms with E-state index in [9.17, 15) is 14.7 Å². The number of piperidine rings is 1. The van der Waals surface area contributed by atoms with E-state index in [0.29, 0.717) is 19.5 Å². The average molecular weight is 349 g/mol. The summed E-state index contributed by atoms with van der Waals surface area (Å²) in [6.45, 7) is 6.87. The summed E-state index contributed by atoms with van der Waals surface area (Å²) in [5.74, 6) is 0. The second-order valence-corrected chi connectivity index (χ2v) is 7.21. The Morgan fingerprint density at radius 1 is 1.32 bits per heavy atom. The molecule has 1 fully saturated rings. The Morgan fingerprint density at radius 2 is 2.00 bits per heavy atom. The average Bonchev–Trinajstić information content (AvgIpc) is 2.52. The Kier molecular flexibility index (Phi) is 6.25. The van der Waals surface area contributed by atoms with Crippen LogP contribution in [-0.2, 0) is 11.3 Å². The van der Waals surface area contributed by atoms with Crippen molar-refractivity contribution in [2.24, 2.45) is 0 Å². The highest BCUT2D eigenvalue weighted by molar-refractivity contribution is 5.69. The van der Waals surface area contributed by atoms with Gasteiger partial charge in [0, 0.05) is 13.1 Å². The van der Waals surface area contributed by atoms with Crippen LogP contribution in [0, 0.1) is 0 Å². The summed E-state index contributed by atoms with van der Waals surface area (Å²) >= 11 is 0. The van der Waals surface area contributed by atoms with Crippen molar-refractivity contribution in [1.29, 1.82) is 0 Å². The Balaban J connectivity index is 2.10. The van der Waals surface area contributed by atoms with E-state index in [1.165, 1.54) is 4.90 Å². The molecule has 1 aliphatic heterocycles. The zero-order chi connectivity index (χ0) is 18.4. The molecule has 2 rings (SSSR count). The summed E-state index contributed by atoms with van der Waals surface area (Å²) in [4.78, 5) is 25.3. The van der Waals surface area contributed by atoms with E-state index in [-0.39, 0.29) is 18.6 Å². The lowest BCUT2D eigenvalue weighted by Gasteiger charge is -2.39. The van der Waals surface area contributed by atoms with Gasteiger partial charge in [0.2, 0.25) is 0 Å². The molecule has 1 aromatic rings. The molecule has 0 saturated carbocycles. The highest BCUT2D eigenvalue weighted by atomic mass is 16.6. The van der Waals surface area contributed by atoms with Crippen LogP contribution in [-0.4, -0.2) is 53.0 Å². The van der Waals surface area contributed by atoms with Crippen molar-refractivity contribution in [1.82, 2.24) is 15.5 Å². The number of alkyl carbamates (subject to hydrolysis) is 1. The van der Waals surface area contributed by atoms with E-state index in [0.717, 1.165) is 5.56 Å². The smallest absolute Gasteiger partial charge is 0.407 e. The molecule has 0 bridgehead atoms. The topological polar surface area (TPSA) is 90.9 Å². The van der Waals surface area contributed by atoms with Gasteiger partial charge in [0.15, 0.2) is 0 Å². The van der Waals surface area contributed by atoms with Gasteiger partial charge >= 0.3 is 12.2 Å². The van der Waals surface area contributed by atoms with Crippen molar-refractivity contribution in [2.45, 2.75) is 51.4 Å². The summed E-state index contributed by atoms with van der Waals surface area (Å²) in [6, 6.07) is 8.80. The number of carbonyl (C=O) groups is 2. The summed E-state index contributed by atoms with van der Waals surface area (Å²) in [7, 11) is 0. The lowest BCUT2D eigenvalue weighted by atomic mass is 9.98. The predicted octanol–water partition coefficient (Wildman–Crippen LogP) is 2.42. The molecule has 0 unspecified atom stereocenters. The maximum atomic E-state index is 12.1. The van der Waals surface area contributed by atoms with Crippen LogP contribution in [0.3, 0.4) is 0 Å². The van der Waals surface area contributed by atoms with E-state index < -0.39 is 17.8 Å². The van der Waals surface area contributed by atoms with Gasteiger partial charge in [-0.1, -0.05) is 30.3 Å². The van der Waals surface area contributed by atoms with Gasteiger partial charge in [-0.2, -0.15) is 0 Å². The fourth-order valence-corrected chi connectivity index (χ4v) is 2.93. The Hall–Kier alpha value is -2.28. The maximum Gasteiger partial charge on any atom is 0.407 e. The minimum Gasteiger partial charge on any atom is -0.465 e. The maximum absolute atomic E-state index is 12.1. The number of amides is 2. The van der Waals surface area contributed by atoms with Gasteiger partial charge in [-0.25, -0.2) is 9.59 Å². The van der Waals surface area contributed by atoms with E-state index in [1.54, 1.807) is 20.8 Å². The molecular formula is C18H27N3O4. The number of nitrogens with zero attached hydrogens (tertiary/aromatic N) is 1. The molecule has 0 radical (unpaired) electrons. The zero-order valence-corrected chi connectivity index (χ0v) is 15.0. The van der Waals surface area contributed by atoms with Crippen molar-refractivity contribution in [3.05, 3.63) is 35.9 Å². The number of nitrogens with one attached hydrogen (secondary N) is 2. The minimum absolute atomic E-state index is 0.285. The number of carboxylic acid groups (broad SMARTS) is 1. The van der Waals surface area contributed by atoms with Crippen LogP contribution in [0.15, 0.2) is 30.3 Å². The Bertz CT molecular complexity index is 586. The fourth-order valence-electron chi connectivity index (χ4n) is 2.93. The number of benzene rings is 1. The first-order valence-electron chi connectivity index (χ1n) is 8.50. The molecule has 25 heavy (non-hydrogen) atoms. The molecule has 1 heterocycles. The second kappa shape index (κ2) is 8.20. The van der Waals surface area contributed by atoms with E-state index in [1.807, 2.05) is 30.3 Å². The van der Waals surface area contributed by atoms with Crippen LogP contribution in [0.4, 0.5) is 9.59 Å². The van der Waals surface area contributed by atoms with E-state index in [4.69, 9.17) is 4.74 Å². The zero-order valence-electron chi connectivity index (χ0n) is 15.0. The molecule has 0 aliphatic carbocycles. The first-order chi connectivity index (χ1) is 11.8. The first kappa shape index (κ1) is 19.1. The number of carbonyl (C=O) groups excluding carboxylic acids is 1. The van der Waals surface area contributed by atoms with Crippen molar-refractivity contribution in [3.63, 3.8) is 0 Å². The SMILES string of the molecule is CC(C)(C)OC(=O)N[C@@H]1CNCC[C@@H]1N(Cc1ccccc1)C(=O)O. The van der Waals surface area contributed by atoms with Gasteiger partial charge in [0.1, 0.15) is 5.60 Å². The normalized spacial score (nSPS) is 20.6. The molecule has 1 aromatic carbocycles. The van der Waals surface area contributed by atoms with Crippen molar-refractivity contribution >= 4 is 12.2 Å². The quantitative estimate of drug-likeness (QED) is 0.776. The highest BCUT2D eigenvalue weighted by Crippen LogP contribution is 2.17. The number of hydrogen-bond acceptors (Lipinski definition) is 4. The standard InChI is InChI=1S/C18H27N3O4/c1-18(2,3)25-16(22)20-14-11-19-10-9-15(14)21(17(23)24)12-13-7-5-4-6-8-13/h4-8,14-15,19H,9-12H2,1-3H3,(H,20,22)(H,23,24)/t14-,15+/m1/s1. The first-order valence-corrected chi connectivity index (χ1v) is 8.50. The van der Waals surface area contributed by atoms with Crippen molar-refractivity contribution in [3.8, 4) is 0 Å². The molecule has 138 valence electrons. The minimum atomic E-state index is -0.994. The molecule has 1 saturated heterocycles. The van der Waals surface area contributed by atoms with Gasteiger partial charge in [-0.3, -0.25) is 4.90 Å². The summed E-state index contributed by atoms with van der Waals surface area (Å²) in [6.07, 6.45) is -0.900. The molecule has 7 heteroatoms. The van der Waals surface area contributed by atoms with Crippen LogP contribution in [0.2, 0.25) is 0 Å². The third-order valence-corrected chi connectivity index (χ3v) is 3.99. The third-order valence-electron chi connectivity index (χ3n) is 3.99. The molecule has 2 atom stereocenters. The summed E-state index contributed by atoms with van der Waals surface area (Å²) < 4.78 is 5.30. The Morgan fingerprint density at radius 3 is 2.60 bits per heavy atom. The van der Waals surface area contributed by atoms with Crippen LogP contribution in [0.25, 0.3) is 0 Å². The molecule has 0 aromatic heterocycles. The largest absolute Gasteiger partial charge is 0.465 e. The van der Waals surface area contributed by atoms with Gasteiger partial charge in [-0.15, -0.1) is 0 Å². The Labute approximate surface area is 148 Å². The van der Waals surface area contributed by atoms with Gasteiger partial charge in [0.05, 0.1) is 12.1 Å². The van der Waals surface area contributed by atoms with Crippen LogP contribution in [0.1, 0.15) is 32.8 Å². The van der Waals surface area contributed by atoms with Crippen LogP contribution in [0.5, 0.6) is 0 Å². The number of hydrogen-bond donors (Lipinski definition) is 3. The summed E-state index contributed by atoms with van der Waals surface area (Å²) in [5.41, 5.74) is 0.317. The molecule has 7 nitrogen and oxygen atoms in total. The fraction of sp³-hybridized carbons (Fsp3) is 0.556. The molecule has 3 N–H and O–H groups in total. The highest BCUT2D eigenvalue weighted by Gasteiger charge is 2.34. The van der Waals surface area contributed by atoms with Gasteiger partial charge < -0.3 is 20.5 Å². The van der Waals surface area contributed by atoms with Crippen molar-refractivity contribution in [2.75, 3.05) is 13.1 Å². The molecule has 1 aliphatic rings. The van der Waals surface area contributed by atoms with Gasteiger partial charge in [0.25, 0.3) is 0 Å². The lowest BCUT2D eigenvalue weighted by Crippen LogP contribution is -2.60. The van der Waals surface area contributed by atoms with Gasteiger partial charge in [-0.05, 0) is 39.3 Å². The molecular weight excluding hydrogens is 322 g/mol. The number of rotatable bonds is 4. The van der Waals surface area contributed by atoms with E-state index >= 15 is 0 Å². The van der Waals surface area contributed by atoms with Crippen LogP contribution >= 0.6 is 0 Å².